The number of aryl methyl sites for hydroxylation is 1. The highest BCUT2D eigenvalue weighted by molar-refractivity contribution is 9.10. The van der Waals surface area contributed by atoms with Crippen LogP contribution in [-0.4, -0.2) is 34.7 Å². The Kier molecular flexibility index (Phi) is 7.11. The normalized spacial score (nSPS) is 11.2. The zero-order valence-electron chi connectivity index (χ0n) is 19.5. The van der Waals surface area contributed by atoms with E-state index in [-0.39, 0.29) is 5.69 Å². The van der Waals surface area contributed by atoms with Crippen LogP contribution < -0.4 is 5.69 Å². The molecule has 0 aliphatic heterocycles. The van der Waals surface area contributed by atoms with Crippen molar-refractivity contribution < 1.29 is 0 Å². The number of halogens is 2. The molecule has 10 heteroatoms. The smallest absolute Gasteiger partial charge is 0.292 e. The summed E-state index contributed by atoms with van der Waals surface area (Å²) in [5, 5.41) is 14.9. The van der Waals surface area contributed by atoms with Crippen LogP contribution in [0, 0.1) is 0 Å². The number of pyridine rings is 1. The molecule has 182 valence electrons. The number of unbranched alkanes of at least 4 members (excludes halogenated alkanes) is 1. The van der Waals surface area contributed by atoms with Gasteiger partial charge in [0, 0.05) is 33.7 Å². The van der Waals surface area contributed by atoms with Gasteiger partial charge in [-0.25, -0.2) is 4.79 Å². The van der Waals surface area contributed by atoms with Gasteiger partial charge < -0.3 is 0 Å². The standard InChI is InChI=1S/C26H23BrClN7O/c1-2-3-7-18-16-35(24-21(27)10-6-11-22(24)28)26(36)34(18)15-17-12-13-23(29-14-17)19-8-4-5-9-20(19)25-30-32-33-31-25/h4-6,8-14,16H,2-3,7,15H2,1H3,(H,30,31,32,33). The van der Waals surface area contributed by atoms with E-state index >= 15 is 0 Å². The fraction of sp³-hybridized carbons (Fsp3) is 0.192. The molecule has 0 unspecified atom stereocenters. The van der Waals surface area contributed by atoms with E-state index in [0.29, 0.717) is 23.1 Å². The van der Waals surface area contributed by atoms with Gasteiger partial charge in [-0.1, -0.05) is 61.3 Å². The largest absolute Gasteiger partial charge is 0.333 e. The van der Waals surface area contributed by atoms with Gasteiger partial charge >= 0.3 is 5.69 Å². The number of nitrogens with zero attached hydrogens (tertiary/aromatic N) is 6. The van der Waals surface area contributed by atoms with Crippen molar-refractivity contribution in [1.29, 1.82) is 0 Å². The van der Waals surface area contributed by atoms with Gasteiger partial charge in [-0.2, -0.15) is 5.21 Å². The Bertz CT molecular complexity index is 1520. The number of hydrogen-bond acceptors (Lipinski definition) is 5. The molecule has 2 aromatic carbocycles. The minimum Gasteiger partial charge on any atom is -0.292 e. The van der Waals surface area contributed by atoms with Crippen LogP contribution in [0.15, 0.2) is 76.3 Å². The van der Waals surface area contributed by atoms with Crippen LogP contribution >= 0.6 is 27.5 Å². The van der Waals surface area contributed by atoms with E-state index in [4.69, 9.17) is 16.6 Å². The first kappa shape index (κ1) is 24.1. The van der Waals surface area contributed by atoms with Crippen LogP contribution in [0.2, 0.25) is 5.02 Å². The molecular weight excluding hydrogens is 542 g/mol. The first-order valence-electron chi connectivity index (χ1n) is 11.6. The van der Waals surface area contributed by atoms with Gasteiger partial charge in [0.25, 0.3) is 0 Å². The number of hydrogen-bond donors (Lipinski definition) is 1. The molecule has 0 amide bonds. The van der Waals surface area contributed by atoms with E-state index in [1.807, 2.05) is 54.7 Å². The number of tetrazole rings is 1. The van der Waals surface area contributed by atoms with Crippen molar-refractivity contribution in [2.45, 2.75) is 32.7 Å². The zero-order chi connectivity index (χ0) is 25.1. The predicted molar refractivity (Wildman–Crippen MR) is 143 cm³/mol. The van der Waals surface area contributed by atoms with Gasteiger partial charge in [-0.3, -0.25) is 14.1 Å². The lowest BCUT2D eigenvalue weighted by Gasteiger charge is -2.09. The summed E-state index contributed by atoms with van der Waals surface area (Å²) >= 11 is 10.0. The Labute approximate surface area is 221 Å². The highest BCUT2D eigenvalue weighted by atomic mass is 79.9. The maximum Gasteiger partial charge on any atom is 0.333 e. The van der Waals surface area contributed by atoms with Crippen molar-refractivity contribution in [3.63, 3.8) is 0 Å². The number of para-hydroxylation sites is 1. The Morgan fingerprint density at radius 3 is 2.58 bits per heavy atom. The number of H-pyrrole nitrogens is 1. The third-order valence-corrected chi connectivity index (χ3v) is 6.93. The Morgan fingerprint density at radius 1 is 1.06 bits per heavy atom. The summed E-state index contributed by atoms with van der Waals surface area (Å²) in [4.78, 5) is 18.2. The van der Waals surface area contributed by atoms with Crippen molar-refractivity contribution in [1.82, 2.24) is 34.7 Å². The van der Waals surface area contributed by atoms with E-state index in [1.54, 1.807) is 21.4 Å². The van der Waals surface area contributed by atoms with Crippen LogP contribution in [0.25, 0.3) is 28.3 Å². The van der Waals surface area contributed by atoms with E-state index < -0.39 is 0 Å². The van der Waals surface area contributed by atoms with Crippen LogP contribution in [0.5, 0.6) is 0 Å². The molecule has 0 bridgehead atoms. The van der Waals surface area contributed by atoms with Crippen molar-refractivity contribution >= 4 is 27.5 Å². The molecule has 0 aliphatic carbocycles. The predicted octanol–water partition coefficient (Wildman–Crippen LogP) is 5.69. The Morgan fingerprint density at radius 2 is 1.89 bits per heavy atom. The molecule has 0 saturated carbocycles. The van der Waals surface area contributed by atoms with Crippen molar-refractivity contribution in [2.24, 2.45) is 0 Å². The Balaban J connectivity index is 1.49. The topological polar surface area (TPSA) is 94.3 Å². The summed E-state index contributed by atoms with van der Waals surface area (Å²) in [6.07, 6.45) is 6.51. The second kappa shape index (κ2) is 10.6. The lowest BCUT2D eigenvalue weighted by molar-refractivity contribution is 0.672. The van der Waals surface area contributed by atoms with Gasteiger partial charge in [0.2, 0.25) is 5.82 Å². The third-order valence-electron chi connectivity index (χ3n) is 5.98. The lowest BCUT2D eigenvalue weighted by Crippen LogP contribution is -2.25. The molecule has 0 fully saturated rings. The summed E-state index contributed by atoms with van der Waals surface area (Å²) in [6, 6.07) is 17.2. The van der Waals surface area contributed by atoms with E-state index in [1.165, 1.54) is 0 Å². The van der Waals surface area contributed by atoms with E-state index in [2.05, 4.69) is 43.5 Å². The summed E-state index contributed by atoms with van der Waals surface area (Å²) in [5.41, 5.74) is 4.92. The molecule has 5 rings (SSSR count). The Hall–Kier alpha value is -3.56. The monoisotopic (exact) mass is 563 g/mol. The number of aromatic nitrogens is 7. The quantitative estimate of drug-likeness (QED) is 0.261. The summed E-state index contributed by atoms with van der Waals surface area (Å²) in [6.45, 7) is 2.55. The van der Waals surface area contributed by atoms with Crippen LogP contribution in [0.4, 0.5) is 0 Å². The highest BCUT2D eigenvalue weighted by Gasteiger charge is 2.17. The van der Waals surface area contributed by atoms with Crippen molar-refractivity contribution in [3.05, 3.63) is 98.2 Å². The average Bonchev–Trinajstić information content (AvgIpc) is 3.53. The first-order valence-corrected chi connectivity index (χ1v) is 12.8. The maximum absolute atomic E-state index is 13.5. The maximum atomic E-state index is 13.5. The van der Waals surface area contributed by atoms with Crippen LogP contribution in [0.3, 0.4) is 0 Å². The summed E-state index contributed by atoms with van der Waals surface area (Å²) in [5.74, 6) is 0.510. The minimum absolute atomic E-state index is 0.138. The van der Waals surface area contributed by atoms with Gasteiger partial charge in [-0.15, -0.1) is 10.2 Å². The molecule has 8 nitrogen and oxygen atoms in total. The molecule has 0 saturated heterocycles. The molecule has 0 atom stereocenters. The molecule has 36 heavy (non-hydrogen) atoms. The molecule has 3 heterocycles. The number of nitrogens with one attached hydrogen (secondary N) is 1. The number of aromatic amines is 1. The number of imidazole rings is 1. The molecular formula is C26H23BrClN7O. The van der Waals surface area contributed by atoms with E-state index in [0.717, 1.165) is 51.8 Å². The van der Waals surface area contributed by atoms with Crippen LogP contribution in [-0.2, 0) is 13.0 Å². The number of benzene rings is 2. The molecule has 5 aromatic rings. The molecule has 0 spiro atoms. The van der Waals surface area contributed by atoms with Crippen LogP contribution in [0.1, 0.15) is 31.0 Å². The van der Waals surface area contributed by atoms with Crippen molar-refractivity contribution in [3.8, 4) is 28.3 Å². The fourth-order valence-corrected chi connectivity index (χ4v) is 5.11. The van der Waals surface area contributed by atoms with Crippen molar-refractivity contribution in [2.75, 3.05) is 0 Å². The molecule has 1 N–H and O–H groups in total. The number of rotatable bonds is 8. The second-order valence-electron chi connectivity index (χ2n) is 8.37. The summed E-state index contributed by atoms with van der Waals surface area (Å²) in [7, 11) is 0. The molecule has 0 aliphatic rings. The van der Waals surface area contributed by atoms with Gasteiger partial charge in [0.1, 0.15) is 0 Å². The van der Waals surface area contributed by atoms with E-state index in [9.17, 15) is 4.79 Å². The SMILES string of the molecule is CCCCc1cn(-c2c(Cl)cccc2Br)c(=O)n1Cc1ccc(-c2ccccc2-c2nn[nH]n2)nc1. The zero-order valence-corrected chi connectivity index (χ0v) is 21.9. The van der Waals surface area contributed by atoms with Gasteiger partial charge in [0.15, 0.2) is 0 Å². The summed E-state index contributed by atoms with van der Waals surface area (Å²) < 4.78 is 4.19. The molecule has 0 radical (unpaired) electrons. The highest BCUT2D eigenvalue weighted by Crippen LogP contribution is 2.29. The second-order valence-corrected chi connectivity index (χ2v) is 9.63. The third kappa shape index (κ3) is 4.76. The van der Waals surface area contributed by atoms with Gasteiger partial charge in [0.05, 0.1) is 22.9 Å². The van der Waals surface area contributed by atoms with Gasteiger partial charge in [-0.05, 0) is 57.7 Å². The molecule has 3 aromatic heterocycles. The lowest BCUT2D eigenvalue weighted by atomic mass is 10.0. The average molecular weight is 565 g/mol. The first-order chi connectivity index (χ1) is 17.6. The fourth-order valence-electron chi connectivity index (χ4n) is 4.17. The minimum atomic E-state index is -0.138.